The minimum absolute atomic E-state index is 0.115. The van der Waals surface area contributed by atoms with E-state index in [1.54, 1.807) is 0 Å². The van der Waals surface area contributed by atoms with Crippen molar-refractivity contribution in [2.75, 3.05) is 26.4 Å². The fourth-order valence-corrected chi connectivity index (χ4v) is 7.75. The SMILES string of the molecule is CCCCCC/C=C\C/C=C\CCCCCCCCCCOCC(COC1OC(CO)C(O)C(O)C1O)OC(=O)CCCCCCCCCCC/C=C\CCCCCCCC. The maximum absolute atomic E-state index is 12.8. The first-order chi connectivity index (χ1) is 29.9. The van der Waals surface area contributed by atoms with Crippen molar-refractivity contribution in [3.05, 3.63) is 36.5 Å². The molecule has 1 heterocycles. The second kappa shape index (κ2) is 43.7. The summed E-state index contributed by atoms with van der Waals surface area (Å²) in [6.07, 6.45) is 46.0. The van der Waals surface area contributed by atoms with Crippen LogP contribution in [0.25, 0.3) is 0 Å². The number of esters is 1. The Morgan fingerprint density at radius 3 is 1.44 bits per heavy atom. The third-order valence-electron chi connectivity index (χ3n) is 11.8. The maximum Gasteiger partial charge on any atom is 0.306 e. The van der Waals surface area contributed by atoms with Gasteiger partial charge in [0.25, 0.3) is 0 Å². The van der Waals surface area contributed by atoms with Crippen LogP contribution in [0.15, 0.2) is 36.5 Å². The van der Waals surface area contributed by atoms with Gasteiger partial charge in [-0.05, 0) is 70.6 Å². The lowest BCUT2D eigenvalue weighted by atomic mass is 9.99. The molecule has 0 saturated carbocycles. The molecule has 6 atom stereocenters. The molecule has 0 radical (unpaired) electrons. The summed E-state index contributed by atoms with van der Waals surface area (Å²) in [7, 11) is 0. The van der Waals surface area contributed by atoms with Gasteiger partial charge in [0.05, 0.1) is 19.8 Å². The van der Waals surface area contributed by atoms with Crippen LogP contribution in [-0.4, -0.2) is 89.6 Å². The third kappa shape index (κ3) is 34.5. The summed E-state index contributed by atoms with van der Waals surface area (Å²) in [6.45, 7) is 4.55. The van der Waals surface area contributed by atoms with E-state index in [9.17, 15) is 25.2 Å². The summed E-state index contributed by atoms with van der Waals surface area (Å²) in [6, 6.07) is 0. The van der Waals surface area contributed by atoms with Gasteiger partial charge >= 0.3 is 5.97 Å². The van der Waals surface area contributed by atoms with Crippen LogP contribution >= 0.6 is 0 Å². The molecule has 1 fully saturated rings. The minimum atomic E-state index is -1.54. The van der Waals surface area contributed by atoms with Gasteiger partial charge in [0, 0.05) is 13.0 Å². The van der Waals surface area contributed by atoms with Crippen molar-refractivity contribution in [2.45, 2.75) is 263 Å². The van der Waals surface area contributed by atoms with Gasteiger partial charge in [0.15, 0.2) is 6.29 Å². The molecule has 1 rings (SSSR count). The lowest BCUT2D eigenvalue weighted by Gasteiger charge is -2.39. The van der Waals surface area contributed by atoms with E-state index < -0.39 is 43.4 Å². The van der Waals surface area contributed by atoms with E-state index in [1.807, 2.05) is 0 Å². The molecular weight excluding hydrogens is 769 g/mol. The molecule has 4 N–H and O–H groups in total. The van der Waals surface area contributed by atoms with Crippen molar-refractivity contribution in [1.29, 1.82) is 0 Å². The predicted octanol–water partition coefficient (Wildman–Crippen LogP) is 12.3. The number of carbonyl (C=O) groups is 1. The molecule has 0 aromatic heterocycles. The normalized spacial score (nSPS) is 20.1. The lowest BCUT2D eigenvalue weighted by molar-refractivity contribution is -0.305. The number of aliphatic hydroxyl groups is 4. The monoisotopic (exact) mass is 865 g/mol. The molecule has 1 saturated heterocycles. The fraction of sp³-hybridized carbons (Fsp3) is 0.865. The van der Waals surface area contributed by atoms with E-state index in [-0.39, 0.29) is 19.2 Å². The summed E-state index contributed by atoms with van der Waals surface area (Å²) in [4.78, 5) is 12.8. The summed E-state index contributed by atoms with van der Waals surface area (Å²) in [5.74, 6) is -0.316. The highest BCUT2D eigenvalue weighted by Crippen LogP contribution is 2.23. The van der Waals surface area contributed by atoms with Crippen LogP contribution in [0, 0.1) is 0 Å². The van der Waals surface area contributed by atoms with Gasteiger partial charge in [-0.1, -0.05) is 185 Å². The summed E-state index contributed by atoms with van der Waals surface area (Å²) in [5, 5.41) is 40.2. The van der Waals surface area contributed by atoms with E-state index in [2.05, 4.69) is 50.3 Å². The number of unbranched alkanes of at least 4 members (excludes halogenated alkanes) is 27. The van der Waals surface area contributed by atoms with Crippen LogP contribution in [0.2, 0.25) is 0 Å². The van der Waals surface area contributed by atoms with Crippen LogP contribution in [0.1, 0.15) is 226 Å². The topological polar surface area (TPSA) is 135 Å². The summed E-state index contributed by atoms with van der Waals surface area (Å²) >= 11 is 0. The second-order valence-corrected chi connectivity index (χ2v) is 17.6. The summed E-state index contributed by atoms with van der Waals surface area (Å²) in [5.41, 5.74) is 0. The Balaban J connectivity index is 2.21. The Labute approximate surface area is 374 Å². The second-order valence-electron chi connectivity index (χ2n) is 17.6. The van der Waals surface area contributed by atoms with Gasteiger partial charge in [-0.2, -0.15) is 0 Å². The number of carbonyl (C=O) groups excluding carboxylic acids is 1. The highest BCUT2D eigenvalue weighted by atomic mass is 16.7. The molecule has 1 aliphatic rings. The molecule has 358 valence electrons. The first-order valence-corrected chi connectivity index (χ1v) is 25.6. The van der Waals surface area contributed by atoms with Gasteiger partial charge < -0.3 is 39.4 Å². The van der Waals surface area contributed by atoms with E-state index in [1.165, 1.54) is 167 Å². The van der Waals surface area contributed by atoms with Gasteiger partial charge in [0.2, 0.25) is 0 Å². The maximum atomic E-state index is 12.8. The highest BCUT2D eigenvalue weighted by Gasteiger charge is 2.44. The Morgan fingerprint density at radius 1 is 0.525 bits per heavy atom. The number of rotatable bonds is 44. The van der Waals surface area contributed by atoms with Crippen LogP contribution in [0.4, 0.5) is 0 Å². The molecule has 0 aromatic carbocycles. The van der Waals surface area contributed by atoms with Crippen molar-refractivity contribution in [3.8, 4) is 0 Å². The average Bonchev–Trinajstić information content (AvgIpc) is 3.26. The van der Waals surface area contributed by atoms with E-state index in [0.29, 0.717) is 13.0 Å². The van der Waals surface area contributed by atoms with Crippen molar-refractivity contribution < 1.29 is 44.2 Å². The molecule has 0 amide bonds. The lowest BCUT2D eigenvalue weighted by Crippen LogP contribution is -2.59. The molecule has 1 aliphatic heterocycles. The number of ether oxygens (including phenoxy) is 4. The van der Waals surface area contributed by atoms with Crippen molar-refractivity contribution in [2.24, 2.45) is 0 Å². The molecule has 9 heteroatoms. The molecule has 0 aliphatic carbocycles. The van der Waals surface area contributed by atoms with E-state index in [4.69, 9.17) is 18.9 Å². The zero-order valence-electron chi connectivity index (χ0n) is 39.4. The fourth-order valence-electron chi connectivity index (χ4n) is 7.75. The molecule has 6 unspecified atom stereocenters. The third-order valence-corrected chi connectivity index (χ3v) is 11.8. The predicted molar refractivity (Wildman–Crippen MR) is 252 cm³/mol. The summed E-state index contributed by atoms with van der Waals surface area (Å²) < 4.78 is 22.9. The van der Waals surface area contributed by atoms with Gasteiger partial charge in [-0.3, -0.25) is 4.79 Å². The number of hydrogen-bond donors (Lipinski definition) is 4. The van der Waals surface area contributed by atoms with Gasteiger partial charge in [0.1, 0.15) is 30.5 Å². The first kappa shape index (κ1) is 57.4. The Kier molecular flexibility index (Phi) is 41.1. The van der Waals surface area contributed by atoms with E-state index in [0.717, 1.165) is 38.5 Å². The molecular formula is C52H96O9. The number of aliphatic hydroxyl groups excluding tert-OH is 4. The van der Waals surface area contributed by atoms with Crippen molar-refractivity contribution in [1.82, 2.24) is 0 Å². The molecule has 61 heavy (non-hydrogen) atoms. The quantitative estimate of drug-likeness (QED) is 0.0268. The molecule has 0 bridgehead atoms. The van der Waals surface area contributed by atoms with Gasteiger partial charge in [-0.15, -0.1) is 0 Å². The van der Waals surface area contributed by atoms with Crippen molar-refractivity contribution >= 4 is 5.97 Å². The Morgan fingerprint density at radius 2 is 0.951 bits per heavy atom. The highest BCUT2D eigenvalue weighted by molar-refractivity contribution is 5.69. The van der Waals surface area contributed by atoms with E-state index >= 15 is 0 Å². The van der Waals surface area contributed by atoms with Crippen LogP contribution in [-0.2, 0) is 23.7 Å². The smallest absolute Gasteiger partial charge is 0.306 e. The number of hydrogen-bond acceptors (Lipinski definition) is 9. The van der Waals surface area contributed by atoms with Crippen LogP contribution < -0.4 is 0 Å². The zero-order valence-corrected chi connectivity index (χ0v) is 39.4. The first-order valence-electron chi connectivity index (χ1n) is 25.6. The van der Waals surface area contributed by atoms with Crippen LogP contribution in [0.5, 0.6) is 0 Å². The molecule has 0 spiro atoms. The average molecular weight is 865 g/mol. The Bertz CT molecular complexity index is 1030. The van der Waals surface area contributed by atoms with Gasteiger partial charge in [-0.25, -0.2) is 0 Å². The molecule has 9 nitrogen and oxygen atoms in total. The minimum Gasteiger partial charge on any atom is -0.457 e. The van der Waals surface area contributed by atoms with Crippen LogP contribution in [0.3, 0.4) is 0 Å². The number of allylic oxidation sites excluding steroid dienone is 6. The largest absolute Gasteiger partial charge is 0.457 e. The standard InChI is InChI=1S/C52H96O9/c1-3-5-7-9-11-13-15-17-19-21-23-25-27-29-31-33-35-37-39-41-48(54)60-46(45-59-52-51(57)50(56)49(55)47(43-53)61-52)44-58-42-40-38-36-34-32-30-28-26-24-22-20-18-16-14-12-10-8-6-4-2/h14,16-17,19-20,22,46-47,49-53,55-57H,3-13,15,18,21,23-45H2,1-2H3/b16-14-,19-17-,22-20-. The zero-order chi connectivity index (χ0) is 44.3. The Hall–Kier alpha value is -1.59. The van der Waals surface area contributed by atoms with Crippen molar-refractivity contribution in [3.63, 3.8) is 0 Å². The molecule has 0 aromatic rings.